The van der Waals surface area contributed by atoms with Crippen LogP contribution in [0.4, 0.5) is 0 Å². The normalized spacial score (nSPS) is 17.0. The molecule has 4 rings (SSSR count). The van der Waals surface area contributed by atoms with Crippen LogP contribution in [-0.2, 0) is 16.1 Å². The molecule has 2 heterocycles. The van der Waals surface area contributed by atoms with Gasteiger partial charge in [0.15, 0.2) is 0 Å². The first-order valence-electron chi connectivity index (χ1n) is 10.0. The smallest absolute Gasteiger partial charge is 0.258 e. The summed E-state index contributed by atoms with van der Waals surface area (Å²) in [5.74, 6) is -1.22. The van der Waals surface area contributed by atoms with Gasteiger partial charge in [0.25, 0.3) is 17.7 Å². The van der Waals surface area contributed by atoms with Gasteiger partial charge in [0.05, 0.1) is 11.1 Å². The van der Waals surface area contributed by atoms with Gasteiger partial charge in [-0.05, 0) is 54.6 Å². The summed E-state index contributed by atoms with van der Waals surface area (Å²) in [7, 11) is 0. The largest absolute Gasteiger partial charge is 0.348 e. The summed E-state index contributed by atoms with van der Waals surface area (Å²) in [6.07, 6.45) is 3.17. The first kappa shape index (κ1) is 23.2. The van der Waals surface area contributed by atoms with Gasteiger partial charge in [-0.25, -0.2) is 0 Å². The second kappa shape index (κ2) is 10.2. The minimum absolute atomic E-state index is 0.0164. The summed E-state index contributed by atoms with van der Waals surface area (Å²) < 4.78 is 0. The van der Waals surface area contributed by atoms with E-state index in [1.807, 2.05) is 25.3 Å². The average Bonchev–Trinajstić information content (AvgIpc) is 3.08. The van der Waals surface area contributed by atoms with Crippen LogP contribution in [0.1, 0.15) is 56.4 Å². The molecule has 2 aromatic rings. The molecule has 8 nitrogen and oxygen atoms in total. The standard InChI is InChI=1S/C17H14N2O3S.C6H9NO2/c1-23-12-5-3-11(4-6-12)15(20)18-9-10-2-7-13-14(8-10)17(22)19-16(13)21;1-4-2-3-5(8)7-6(4)9/h2-8H,9H2,1H3,(H,18,20)(H,19,21,22);4H,2-3H2,1H3,(H,7,8,9). The molecule has 32 heavy (non-hydrogen) atoms. The lowest BCUT2D eigenvalue weighted by molar-refractivity contribution is -0.135. The number of carbonyl (C=O) groups excluding carboxylic acids is 5. The molecule has 2 aliphatic rings. The maximum Gasteiger partial charge on any atom is 0.258 e. The second-order valence-corrected chi connectivity index (χ2v) is 8.31. The fourth-order valence-electron chi connectivity index (χ4n) is 3.15. The van der Waals surface area contributed by atoms with Crippen LogP contribution >= 0.6 is 11.8 Å². The van der Waals surface area contributed by atoms with Crippen LogP contribution in [0.25, 0.3) is 0 Å². The highest BCUT2D eigenvalue weighted by molar-refractivity contribution is 7.98. The van der Waals surface area contributed by atoms with Crippen molar-refractivity contribution in [3.05, 3.63) is 64.7 Å². The van der Waals surface area contributed by atoms with Gasteiger partial charge in [-0.15, -0.1) is 11.8 Å². The lowest BCUT2D eigenvalue weighted by Crippen LogP contribution is -2.39. The third-order valence-electron chi connectivity index (χ3n) is 5.12. The second-order valence-electron chi connectivity index (χ2n) is 7.43. The van der Waals surface area contributed by atoms with Crippen molar-refractivity contribution < 1.29 is 24.0 Å². The summed E-state index contributed by atoms with van der Waals surface area (Å²) in [6.45, 7) is 2.11. The summed E-state index contributed by atoms with van der Waals surface area (Å²) >= 11 is 1.61. The van der Waals surface area contributed by atoms with Crippen molar-refractivity contribution in [3.8, 4) is 0 Å². The highest BCUT2D eigenvalue weighted by Gasteiger charge is 2.26. The van der Waals surface area contributed by atoms with Crippen molar-refractivity contribution in [1.29, 1.82) is 0 Å². The van der Waals surface area contributed by atoms with E-state index in [2.05, 4.69) is 16.0 Å². The molecule has 0 aliphatic carbocycles. The number of rotatable bonds is 4. The van der Waals surface area contributed by atoms with E-state index < -0.39 is 5.91 Å². The van der Waals surface area contributed by atoms with Gasteiger partial charge < -0.3 is 5.32 Å². The predicted molar refractivity (Wildman–Crippen MR) is 119 cm³/mol. The Morgan fingerprint density at radius 1 is 1.00 bits per heavy atom. The quantitative estimate of drug-likeness (QED) is 0.482. The van der Waals surface area contributed by atoms with Gasteiger partial charge in [0, 0.05) is 29.3 Å². The van der Waals surface area contributed by atoms with E-state index in [0.717, 1.165) is 10.5 Å². The van der Waals surface area contributed by atoms with Crippen LogP contribution in [0, 0.1) is 5.92 Å². The van der Waals surface area contributed by atoms with Gasteiger partial charge in [-0.1, -0.05) is 13.0 Å². The maximum atomic E-state index is 12.1. The fraction of sp³-hybridized carbons (Fsp3) is 0.261. The van der Waals surface area contributed by atoms with Crippen LogP contribution in [0.2, 0.25) is 0 Å². The molecule has 2 aliphatic heterocycles. The van der Waals surface area contributed by atoms with Crippen molar-refractivity contribution in [2.24, 2.45) is 5.92 Å². The van der Waals surface area contributed by atoms with Crippen LogP contribution < -0.4 is 16.0 Å². The van der Waals surface area contributed by atoms with Crippen molar-refractivity contribution >= 4 is 41.3 Å². The lowest BCUT2D eigenvalue weighted by atomic mass is 10.0. The van der Waals surface area contributed by atoms with E-state index in [1.54, 1.807) is 42.1 Å². The van der Waals surface area contributed by atoms with Crippen molar-refractivity contribution in [2.45, 2.75) is 31.2 Å². The molecular weight excluding hydrogens is 430 g/mol. The number of carbonyl (C=O) groups is 5. The van der Waals surface area contributed by atoms with Crippen LogP contribution in [0.3, 0.4) is 0 Å². The zero-order chi connectivity index (χ0) is 23.3. The topological polar surface area (TPSA) is 121 Å². The Bertz CT molecular complexity index is 1080. The van der Waals surface area contributed by atoms with Crippen molar-refractivity contribution in [2.75, 3.05) is 6.26 Å². The highest BCUT2D eigenvalue weighted by atomic mass is 32.2. The Balaban J connectivity index is 0.000000269. The molecule has 3 N–H and O–H groups in total. The third-order valence-corrected chi connectivity index (χ3v) is 5.86. The number of imide groups is 2. The van der Waals surface area contributed by atoms with Gasteiger partial charge >= 0.3 is 0 Å². The number of benzene rings is 2. The molecule has 0 radical (unpaired) electrons. The molecule has 9 heteroatoms. The Hall–Kier alpha value is -3.46. The van der Waals surface area contributed by atoms with Crippen LogP contribution in [-0.4, -0.2) is 35.8 Å². The molecule has 0 aromatic heterocycles. The molecule has 1 atom stereocenters. The highest BCUT2D eigenvalue weighted by Crippen LogP contribution is 2.18. The summed E-state index contributed by atoms with van der Waals surface area (Å²) in [5.41, 5.74) is 2.07. The molecule has 1 saturated heterocycles. The average molecular weight is 454 g/mol. The van der Waals surface area contributed by atoms with E-state index in [-0.39, 0.29) is 36.1 Å². The molecule has 0 bridgehead atoms. The number of amides is 5. The van der Waals surface area contributed by atoms with Gasteiger partial charge in [0.1, 0.15) is 0 Å². The predicted octanol–water partition coefficient (Wildman–Crippen LogP) is 2.28. The van der Waals surface area contributed by atoms with Gasteiger partial charge in [-0.2, -0.15) is 0 Å². The number of nitrogens with one attached hydrogen (secondary N) is 3. The van der Waals surface area contributed by atoms with E-state index in [4.69, 9.17) is 0 Å². The Kier molecular flexibility index (Phi) is 7.42. The number of hydrogen-bond donors (Lipinski definition) is 3. The Labute approximate surface area is 189 Å². The molecule has 1 unspecified atom stereocenters. The van der Waals surface area contributed by atoms with Crippen molar-refractivity contribution in [3.63, 3.8) is 0 Å². The van der Waals surface area contributed by atoms with E-state index in [1.165, 1.54) is 0 Å². The number of hydrogen-bond acceptors (Lipinski definition) is 6. The lowest BCUT2D eigenvalue weighted by Gasteiger charge is -2.15. The summed E-state index contributed by atoms with van der Waals surface area (Å²) in [5, 5.41) is 7.30. The molecule has 5 amide bonds. The molecular formula is C23H23N3O5S. The molecule has 0 spiro atoms. The van der Waals surface area contributed by atoms with Crippen LogP contribution in [0.5, 0.6) is 0 Å². The molecule has 2 aromatic carbocycles. The number of fused-ring (bicyclic) bond motifs is 1. The minimum atomic E-state index is -0.397. The first-order chi connectivity index (χ1) is 15.3. The summed E-state index contributed by atoms with van der Waals surface area (Å²) in [4.78, 5) is 57.5. The maximum absolute atomic E-state index is 12.1. The minimum Gasteiger partial charge on any atom is -0.348 e. The van der Waals surface area contributed by atoms with E-state index >= 15 is 0 Å². The Morgan fingerprint density at radius 2 is 1.69 bits per heavy atom. The zero-order valence-corrected chi connectivity index (χ0v) is 18.5. The number of thioether (sulfide) groups is 1. The third kappa shape index (κ3) is 5.61. The SMILES string of the molecule is CC1CCC(=O)NC1=O.CSc1ccc(C(=O)NCc2ccc3c(c2)C(=O)NC3=O)cc1. The number of piperidine rings is 1. The zero-order valence-electron chi connectivity index (χ0n) is 17.7. The van der Waals surface area contributed by atoms with Crippen molar-refractivity contribution in [1.82, 2.24) is 16.0 Å². The summed E-state index contributed by atoms with van der Waals surface area (Å²) in [6, 6.07) is 12.3. The first-order valence-corrected chi connectivity index (χ1v) is 11.3. The molecule has 1 fully saturated rings. The molecule has 0 saturated carbocycles. The molecule has 166 valence electrons. The Morgan fingerprint density at radius 3 is 2.31 bits per heavy atom. The van der Waals surface area contributed by atoms with Gasteiger partial charge in [-0.3, -0.25) is 34.6 Å². The van der Waals surface area contributed by atoms with Gasteiger partial charge in [0.2, 0.25) is 11.8 Å². The fourth-order valence-corrected chi connectivity index (χ4v) is 3.56. The van der Waals surface area contributed by atoms with Crippen LogP contribution in [0.15, 0.2) is 47.4 Å². The van der Waals surface area contributed by atoms with E-state index in [0.29, 0.717) is 29.5 Å². The monoisotopic (exact) mass is 453 g/mol. The van der Waals surface area contributed by atoms with E-state index in [9.17, 15) is 24.0 Å².